The average Bonchev–Trinajstić information content (AvgIpc) is 2.04. The molecule has 0 unspecified atom stereocenters. The average molecular weight is 145 g/mol. The van der Waals surface area contributed by atoms with Crippen LogP contribution in [-0.4, -0.2) is 15.0 Å². The number of hydrogen-bond acceptors (Lipinski definition) is 3. The van der Waals surface area contributed by atoms with Crippen LogP contribution in [0.2, 0.25) is 0 Å². The summed E-state index contributed by atoms with van der Waals surface area (Å²) in [5, 5.41) is 0. The highest BCUT2D eigenvalue weighted by molar-refractivity contribution is 5.68. The number of aromatic nitrogens is 3. The van der Waals surface area contributed by atoms with Gasteiger partial charge in [0.1, 0.15) is 5.52 Å². The second kappa shape index (κ2) is 2.27. The summed E-state index contributed by atoms with van der Waals surface area (Å²) >= 11 is 0. The van der Waals surface area contributed by atoms with E-state index in [2.05, 4.69) is 15.0 Å². The lowest BCUT2D eigenvalue weighted by Crippen LogP contribution is -1.88. The van der Waals surface area contributed by atoms with E-state index >= 15 is 0 Å². The third kappa shape index (κ3) is 1.05. The normalized spacial score (nSPS) is 10.3. The van der Waals surface area contributed by atoms with Gasteiger partial charge in [-0.05, 0) is 19.1 Å². The predicted molar refractivity (Wildman–Crippen MR) is 42.1 cm³/mol. The highest BCUT2D eigenvalue weighted by Gasteiger charge is 1.93. The van der Waals surface area contributed by atoms with Gasteiger partial charge in [0.15, 0.2) is 5.65 Å². The summed E-state index contributed by atoms with van der Waals surface area (Å²) < 4.78 is 0. The standard InChI is InChI=1S/C8H7N3/c1-6-5-10-8-7(11-6)3-2-4-9-8/h2-5H,1H3. The highest BCUT2D eigenvalue weighted by Crippen LogP contribution is 2.03. The van der Waals surface area contributed by atoms with E-state index in [-0.39, 0.29) is 0 Å². The van der Waals surface area contributed by atoms with E-state index < -0.39 is 0 Å². The number of rotatable bonds is 0. The molecule has 2 heterocycles. The SMILES string of the molecule is Cc1cnc2ncccc2n1. The van der Waals surface area contributed by atoms with E-state index in [4.69, 9.17) is 0 Å². The topological polar surface area (TPSA) is 38.7 Å². The van der Waals surface area contributed by atoms with Gasteiger partial charge in [0.2, 0.25) is 0 Å². The van der Waals surface area contributed by atoms with Gasteiger partial charge in [-0.2, -0.15) is 0 Å². The molecule has 3 heteroatoms. The molecule has 2 aromatic heterocycles. The first-order valence-corrected chi connectivity index (χ1v) is 3.40. The molecule has 0 atom stereocenters. The highest BCUT2D eigenvalue weighted by atomic mass is 14.9. The Balaban J connectivity index is 2.83. The van der Waals surface area contributed by atoms with Crippen LogP contribution in [0.15, 0.2) is 24.5 Å². The summed E-state index contributed by atoms with van der Waals surface area (Å²) in [5.41, 5.74) is 2.48. The van der Waals surface area contributed by atoms with Gasteiger partial charge < -0.3 is 0 Å². The number of hydrogen-bond donors (Lipinski definition) is 0. The molecule has 54 valence electrons. The number of pyridine rings is 1. The Hall–Kier alpha value is -1.51. The number of nitrogens with zero attached hydrogens (tertiary/aromatic N) is 3. The predicted octanol–water partition coefficient (Wildman–Crippen LogP) is 1.33. The summed E-state index contributed by atoms with van der Waals surface area (Å²) in [6.07, 6.45) is 3.43. The van der Waals surface area contributed by atoms with E-state index in [1.165, 1.54) is 0 Å². The van der Waals surface area contributed by atoms with Gasteiger partial charge in [-0.3, -0.25) is 0 Å². The molecule has 0 aromatic carbocycles. The van der Waals surface area contributed by atoms with Crippen LogP contribution in [0.1, 0.15) is 5.69 Å². The van der Waals surface area contributed by atoms with Crippen molar-refractivity contribution in [2.75, 3.05) is 0 Å². The number of aryl methyl sites for hydroxylation is 1. The van der Waals surface area contributed by atoms with E-state index in [1.54, 1.807) is 12.4 Å². The third-order valence-electron chi connectivity index (χ3n) is 1.44. The lowest BCUT2D eigenvalue weighted by molar-refractivity contribution is 1.15. The first-order chi connectivity index (χ1) is 5.36. The monoisotopic (exact) mass is 145 g/mol. The van der Waals surface area contributed by atoms with Gasteiger partial charge in [0.05, 0.1) is 11.9 Å². The van der Waals surface area contributed by atoms with Crippen LogP contribution in [0, 0.1) is 6.92 Å². The van der Waals surface area contributed by atoms with E-state index in [1.807, 2.05) is 19.1 Å². The molecule has 0 N–H and O–H groups in total. The van der Waals surface area contributed by atoms with Gasteiger partial charge in [-0.25, -0.2) is 15.0 Å². The van der Waals surface area contributed by atoms with Crippen molar-refractivity contribution in [1.82, 2.24) is 15.0 Å². The van der Waals surface area contributed by atoms with E-state index in [0.717, 1.165) is 11.2 Å². The van der Waals surface area contributed by atoms with Gasteiger partial charge in [0.25, 0.3) is 0 Å². The van der Waals surface area contributed by atoms with E-state index in [9.17, 15) is 0 Å². The molecule has 3 nitrogen and oxygen atoms in total. The molecule has 0 aliphatic heterocycles. The smallest absolute Gasteiger partial charge is 0.178 e. The number of fused-ring (bicyclic) bond motifs is 1. The first-order valence-electron chi connectivity index (χ1n) is 3.40. The molecule has 2 aromatic rings. The van der Waals surface area contributed by atoms with Crippen molar-refractivity contribution in [3.05, 3.63) is 30.2 Å². The lowest BCUT2D eigenvalue weighted by atomic mass is 10.4. The minimum atomic E-state index is 0.707. The van der Waals surface area contributed by atoms with Crippen molar-refractivity contribution >= 4 is 11.2 Å². The Kier molecular flexibility index (Phi) is 1.28. The van der Waals surface area contributed by atoms with Crippen molar-refractivity contribution in [1.29, 1.82) is 0 Å². The molecule has 0 bridgehead atoms. The van der Waals surface area contributed by atoms with Crippen LogP contribution < -0.4 is 0 Å². The molecule has 0 aliphatic carbocycles. The minimum absolute atomic E-state index is 0.707. The van der Waals surface area contributed by atoms with Crippen LogP contribution in [0.25, 0.3) is 11.2 Å². The summed E-state index contributed by atoms with van der Waals surface area (Å²) in [6.45, 7) is 1.92. The molecule has 11 heavy (non-hydrogen) atoms. The molecule has 0 fully saturated rings. The summed E-state index contributed by atoms with van der Waals surface area (Å²) in [7, 11) is 0. The Morgan fingerprint density at radius 2 is 2.18 bits per heavy atom. The Morgan fingerprint density at radius 1 is 1.27 bits per heavy atom. The molecule has 0 aliphatic rings. The summed E-state index contributed by atoms with van der Waals surface area (Å²) in [5.74, 6) is 0. The molecular formula is C8H7N3. The molecule has 2 rings (SSSR count). The van der Waals surface area contributed by atoms with Crippen LogP contribution in [-0.2, 0) is 0 Å². The Labute approximate surface area is 64.1 Å². The van der Waals surface area contributed by atoms with Crippen LogP contribution in [0.5, 0.6) is 0 Å². The largest absolute Gasteiger partial charge is 0.248 e. The maximum absolute atomic E-state index is 4.25. The molecule has 0 radical (unpaired) electrons. The maximum atomic E-state index is 4.25. The van der Waals surface area contributed by atoms with Gasteiger partial charge >= 0.3 is 0 Å². The van der Waals surface area contributed by atoms with Crippen LogP contribution in [0.4, 0.5) is 0 Å². The second-order valence-corrected chi connectivity index (χ2v) is 2.36. The van der Waals surface area contributed by atoms with Crippen molar-refractivity contribution in [2.45, 2.75) is 6.92 Å². The quantitative estimate of drug-likeness (QED) is 0.561. The molecular weight excluding hydrogens is 138 g/mol. The van der Waals surface area contributed by atoms with E-state index in [0.29, 0.717) is 5.65 Å². The Bertz CT molecular complexity index is 384. The zero-order valence-corrected chi connectivity index (χ0v) is 6.15. The van der Waals surface area contributed by atoms with Gasteiger partial charge in [-0.1, -0.05) is 0 Å². The lowest BCUT2D eigenvalue weighted by Gasteiger charge is -1.94. The zero-order valence-electron chi connectivity index (χ0n) is 6.15. The van der Waals surface area contributed by atoms with Crippen LogP contribution >= 0.6 is 0 Å². The minimum Gasteiger partial charge on any atom is -0.248 e. The van der Waals surface area contributed by atoms with Crippen LogP contribution in [0.3, 0.4) is 0 Å². The van der Waals surface area contributed by atoms with Crippen molar-refractivity contribution in [2.24, 2.45) is 0 Å². The summed E-state index contributed by atoms with van der Waals surface area (Å²) in [6, 6.07) is 3.76. The maximum Gasteiger partial charge on any atom is 0.178 e. The van der Waals surface area contributed by atoms with Gasteiger partial charge in [-0.15, -0.1) is 0 Å². The fourth-order valence-electron chi connectivity index (χ4n) is 0.949. The Morgan fingerprint density at radius 3 is 3.09 bits per heavy atom. The first kappa shape index (κ1) is 6.22. The fraction of sp³-hybridized carbons (Fsp3) is 0.125. The fourth-order valence-corrected chi connectivity index (χ4v) is 0.949. The molecule has 0 saturated carbocycles. The molecule has 0 spiro atoms. The summed E-state index contributed by atoms with van der Waals surface area (Å²) in [4.78, 5) is 12.4. The van der Waals surface area contributed by atoms with Crippen molar-refractivity contribution in [3.8, 4) is 0 Å². The second-order valence-electron chi connectivity index (χ2n) is 2.36. The molecule has 0 saturated heterocycles. The van der Waals surface area contributed by atoms with Crippen molar-refractivity contribution < 1.29 is 0 Å². The third-order valence-corrected chi connectivity index (χ3v) is 1.44. The molecule has 0 amide bonds. The zero-order chi connectivity index (χ0) is 7.68. The van der Waals surface area contributed by atoms with Gasteiger partial charge in [0, 0.05) is 6.20 Å². The van der Waals surface area contributed by atoms with Crippen molar-refractivity contribution in [3.63, 3.8) is 0 Å².